The number of amides is 1. The lowest BCUT2D eigenvalue weighted by Crippen LogP contribution is -2.35. The Labute approximate surface area is 120 Å². The predicted octanol–water partition coefficient (Wildman–Crippen LogP) is 0.988. The summed E-state index contributed by atoms with van der Waals surface area (Å²) in [4.78, 5) is 13.6. The minimum Gasteiger partial charge on any atom is -0.384 e. The molecule has 0 aromatic heterocycles. The summed E-state index contributed by atoms with van der Waals surface area (Å²) in [6.45, 7) is 3.60. The van der Waals surface area contributed by atoms with E-state index < -0.39 is 0 Å². The van der Waals surface area contributed by atoms with Gasteiger partial charge in [-0.15, -0.1) is 0 Å². The van der Waals surface area contributed by atoms with Crippen LogP contribution in [0.4, 0.5) is 0 Å². The fraction of sp³-hybridized carbons (Fsp3) is 0.438. The molecular weight excluding hydrogens is 252 g/mol. The van der Waals surface area contributed by atoms with Gasteiger partial charge in [-0.05, 0) is 25.1 Å². The van der Waals surface area contributed by atoms with Gasteiger partial charge in [0.05, 0.1) is 6.54 Å². The van der Waals surface area contributed by atoms with Crippen molar-refractivity contribution in [3.05, 3.63) is 35.4 Å². The lowest BCUT2D eigenvalue weighted by Gasteiger charge is -2.17. The molecule has 1 aromatic rings. The van der Waals surface area contributed by atoms with Crippen molar-refractivity contribution >= 4 is 5.91 Å². The number of benzene rings is 1. The molecule has 2 N–H and O–H groups in total. The highest BCUT2D eigenvalue weighted by molar-refractivity contribution is 5.77. The van der Waals surface area contributed by atoms with Crippen molar-refractivity contribution in [1.82, 2.24) is 10.2 Å². The quantitative estimate of drug-likeness (QED) is 0.761. The SMILES string of the molecule is CCCNC(=O)CN(C)Cc1ccccc1C#CCO. The van der Waals surface area contributed by atoms with Crippen molar-refractivity contribution in [3.63, 3.8) is 0 Å². The van der Waals surface area contributed by atoms with Gasteiger partial charge in [0.2, 0.25) is 5.91 Å². The Morgan fingerprint density at radius 2 is 2.15 bits per heavy atom. The molecule has 1 amide bonds. The monoisotopic (exact) mass is 274 g/mol. The van der Waals surface area contributed by atoms with Crippen LogP contribution in [0.5, 0.6) is 0 Å². The van der Waals surface area contributed by atoms with Crippen LogP contribution >= 0.6 is 0 Å². The smallest absolute Gasteiger partial charge is 0.234 e. The minimum absolute atomic E-state index is 0.0354. The van der Waals surface area contributed by atoms with E-state index >= 15 is 0 Å². The van der Waals surface area contributed by atoms with E-state index in [1.807, 2.05) is 43.1 Å². The van der Waals surface area contributed by atoms with Gasteiger partial charge in [-0.25, -0.2) is 0 Å². The second-order valence-corrected chi connectivity index (χ2v) is 4.64. The van der Waals surface area contributed by atoms with E-state index in [1.54, 1.807) is 0 Å². The number of hydrogen-bond donors (Lipinski definition) is 2. The van der Waals surface area contributed by atoms with Gasteiger partial charge in [-0.2, -0.15) is 0 Å². The van der Waals surface area contributed by atoms with Gasteiger partial charge in [0, 0.05) is 18.7 Å². The van der Waals surface area contributed by atoms with E-state index in [1.165, 1.54) is 0 Å². The summed E-state index contributed by atoms with van der Waals surface area (Å²) in [5.74, 6) is 5.62. The zero-order valence-corrected chi connectivity index (χ0v) is 12.1. The first-order valence-electron chi connectivity index (χ1n) is 6.80. The zero-order valence-electron chi connectivity index (χ0n) is 12.1. The Morgan fingerprint density at radius 3 is 2.85 bits per heavy atom. The fourth-order valence-electron chi connectivity index (χ4n) is 1.83. The summed E-state index contributed by atoms with van der Waals surface area (Å²) in [7, 11) is 1.90. The summed E-state index contributed by atoms with van der Waals surface area (Å²) in [6, 6.07) is 7.77. The van der Waals surface area contributed by atoms with Crippen LogP contribution in [0.3, 0.4) is 0 Å². The largest absolute Gasteiger partial charge is 0.384 e. The highest BCUT2D eigenvalue weighted by atomic mass is 16.2. The maximum Gasteiger partial charge on any atom is 0.234 e. The normalized spacial score (nSPS) is 10.0. The molecule has 20 heavy (non-hydrogen) atoms. The Morgan fingerprint density at radius 1 is 1.40 bits per heavy atom. The molecule has 0 aliphatic carbocycles. The number of rotatable bonds is 6. The van der Waals surface area contributed by atoms with Crippen molar-refractivity contribution in [2.45, 2.75) is 19.9 Å². The van der Waals surface area contributed by atoms with Crippen molar-refractivity contribution < 1.29 is 9.90 Å². The maximum absolute atomic E-state index is 11.6. The van der Waals surface area contributed by atoms with Crippen LogP contribution in [-0.4, -0.2) is 42.7 Å². The van der Waals surface area contributed by atoms with E-state index in [0.717, 1.165) is 17.5 Å². The molecule has 108 valence electrons. The molecule has 0 unspecified atom stereocenters. The topological polar surface area (TPSA) is 52.6 Å². The highest BCUT2D eigenvalue weighted by Crippen LogP contribution is 2.09. The molecule has 0 saturated heterocycles. The van der Waals surface area contributed by atoms with Crippen molar-refractivity contribution in [2.24, 2.45) is 0 Å². The Balaban J connectivity index is 2.61. The minimum atomic E-state index is -0.149. The summed E-state index contributed by atoms with van der Waals surface area (Å²) < 4.78 is 0. The average molecular weight is 274 g/mol. The third-order valence-electron chi connectivity index (χ3n) is 2.75. The number of carbonyl (C=O) groups excluding carboxylic acids is 1. The van der Waals surface area contributed by atoms with Gasteiger partial charge in [0.15, 0.2) is 0 Å². The maximum atomic E-state index is 11.6. The first-order chi connectivity index (χ1) is 9.67. The first kappa shape index (κ1) is 16.2. The number of nitrogens with zero attached hydrogens (tertiary/aromatic N) is 1. The molecule has 0 spiro atoms. The Kier molecular flexibility index (Phi) is 7.41. The second kappa shape index (κ2) is 9.13. The van der Waals surface area contributed by atoms with Gasteiger partial charge in [-0.3, -0.25) is 9.69 Å². The highest BCUT2D eigenvalue weighted by Gasteiger charge is 2.08. The van der Waals surface area contributed by atoms with Crippen LogP contribution in [0.15, 0.2) is 24.3 Å². The lowest BCUT2D eigenvalue weighted by molar-refractivity contribution is -0.122. The molecule has 4 nitrogen and oxygen atoms in total. The van der Waals surface area contributed by atoms with Crippen molar-refractivity contribution in [2.75, 3.05) is 26.7 Å². The molecule has 0 radical (unpaired) electrons. The predicted molar refractivity (Wildman–Crippen MR) is 80.0 cm³/mol. The van der Waals surface area contributed by atoms with Gasteiger partial charge in [-0.1, -0.05) is 37.0 Å². The van der Waals surface area contributed by atoms with Crippen LogP contribution in [0.1, 0.15) is 24.5 Å². The van der Waals surface area contributed by atoms with E-state index in [9.17, 15) is 4.79 Å². The Bertz CT molecular complexity index is 489. The summed E-state index contributed by atoms with van der Waals surface area (Å²) >= 11 is 0. The third kappa shape index (κ3) is 5.87. The van der Waals surface area contributed by atoms with Crippen molar-refractivity contribution in [3.8, 4) is 11.8 Å². The van der Waals surface area contributed by atoms with Crippen molar-refractivity contribution in [1.29, 1.82) is 0 Å². The molecule has 0 bridgehead atoms. The van der Waals surface area contributed by atoms with Gasteiger partial charge in [0.25, 0.3) is 0 Å². The van der Waals surface area contributed by atoms with Crippen LogP contribution in [0.2, 0.25) is 0 Å². The van der Waals surface area contributed by atoms with E-state index in [4.69, 9.17) is 5.11 Å². The fourth-order valence-corrected chi connectivity index (χ4v) is 1.83. The zero-order chi connectivity index (χ0) is 14.8. The number of hydrogen-bond acceptors (Lipinski definition) is 3. The first-order valence-corrected chi connectivity index (χ1v) is 6.80. The number of carbonyl (C=O) groups is 1. The number of aliphatic hydroxyl groups is 1. The second-order valence-electron chi connectivity index (χ2n) is 4.64. The number of nitrogens with one attached hydrogen (secondary N) is 1. The molecule has 0 aliphatic heterocycles. The summed E-state index contributed by atoms with van der Waals surface area (Å²) in [5, 5.41) is 11.6. The lowest BCUT2D eigenvalue weighted by atomic mass is 10.1. The van der Waals surface area contributed by atoms with Crippen LogP contribution in [0, 0.1) is 11.8 Å². The van der Waals surface area contributed by atoms with Gasteiger partial charge >= 0.3 is 0 Å². The third-order valence-corrected chi connectivity index (χ3v) is 2.75. The van der Waals surface area contributed by atoms with Crippen LogP contribution in [-0.2, 0) is 11.3 Å². The molecule has 0 atom stereocenters. The molecule has 4 heteroatoms. The van der Waals surface area contributed by atoms with Crippen LogP contribution < -0.4 is 5.32 Å². The van der Waals surface area contributed by atoms with Gasteiger partial charge in [0.1, 0.15) is 6.61 Å². The number of aliphatic hydroxyl groups excluding tert-OH is 1. The molecule has 0 fully saturated rings. The molecule has 1 aromatic carbocycles. The van der Waals surface area contributed by atoms with E-state index in [-0.39, 0.29) is 12.5 Å². The average Bonchev–Trinajstić information content (AvgIpc) is 2.44. The van der Waals surface area contributed by atoms with E-state index in [0.29, 0.717) is 19.6 Å². The molecular formula is C16H22N2O2. The molecule has 0 saturated carbocycles. The number of likely N-dealkylation sites (N-methyl/N-ethyl adjacent to an activating group) is 1. The summed E-state index contributed by atoms with van der Waals surface area (Å²) in [6.07, 6.45) is 0.940. The van der Waals surface area contributed by atoms with Gasteiger partial charge < -0.3 is 10.4 Å². The molecule has 0 heterocycles. The summed E-state index contributed by atoms with van der Waals surface area (Å²) in [5.41, 5.74) is 1.95. The molecule has 0 aliphatic rings. The Hall–Kier alpha value is -1.83. The molecule has 1 rings (SSSR count). The van der Waals surface area contributed by atoms with Crippen LogP contribution in [0.25, 0.3) is 0 Å². The standard InChI is InChI=1S/C16H22N2O2/c1-3-10-17-16(20)13-18(2)12-15-8-5-4-7-14(15)9-6-11-19/h4-5,7-8,19H,3,10-13H2,1-2H3,(H,17,20). The van der Waals surface area contributed by atoms with E-state index in [2.05, 4.69) is 17.2 Å².